The summed E-state index contributed by atoms with van der Waals surface area (Å²) in [6.45, 7) is 1.81. The summed E-state index contributed by atoms with van der Waals surface area (Å²) in [5.74, 6) is -0.380. The van der Waals surface area contributed by atoms with E-state index in [4.69, 9.17) is 5.73 Å². The number of hydrogen-bond donors (Lipinski definition) is 2. The number of nitrogens with two attached hydrogens (primary N) is 1. The topological polar surface area (TPSA) is 64.4 Å². The van der Waals surface area contributed by atoms with Crippen molar-refractivity contribution < 1.29 is 22.7 Å². The van der Waals surface area contributed by atoms with Gasteiger partial charge in [0, 0.05) is 6.54 Å². The second-order valence-corrected chi connectivity index (χ2v) is 6.23. The highest BCUT2D eigenvalue weighted by Gasteiger charge is 2.42. The van der Waals surface area contributed by atoms with Crippen LogP contribution < -0.4 is 11.1 Å². The predicted molar refractivity (Wildman–Crippen MR) is 93.9 cm³/mol. The molecular weight excluding hydrogens is 345 g/mol. The first-order valence-electron chi connectivity index (χ1n) is 8.50. The molecule has 1 amide bonds. The monoisotopic (exact) mass is 368 g/mol. The maximum atomic E-state index is 12.9. The van der Waals surface area contributed by atoms with Gasteiger partial charge in [-0.25, -0.2) is 0 Å². The number of nitrogens with one attached hydrogen (secondary N) is 1. The molecule has 7 heteroatoms. The summed E-state index contributed by atoms with van der Waals surface area (Å²) < 4.78 is 43.1. The number of carbonyl (C=O) groups is 1. The molecule has 2 atom stereocenters. The Morgan fingerprint density at radius 1 is 1.35 bits per heavy atom. The van der Waals surface area contributed by atoms with Crippen molar-refractivity contribution in [3.63, 3.8) is 0 Å². The molecule has 2 rings (SSSR count). The maximum absolute atomic E-state index is 12.9. The largest absolute Gasteiger partial charge is 0.523 e. The highest BCUT2D eigenvalue weighted by atomic mass is 19.4. The molecule has 0 aliphatic heterocycles. The number of amides is 1. The zero-order valence-electron chi connectivity index (χ0n) is 14.6. The summed E-state index contributed by atoms with van der Waals surface area (Å²) in [5, 5.41) is 2.57. The lowest BCUT2D eigenvalue weighted by Crippen LogP contribution is -2.44. The van der Waals surface area contributed by atoms with Crippen molar-refractivity contribution in [3.8, 4) is 0 Å². The van der Waals surface area contributed by atoms with Crippen molar-refractivity contribution in [1.29, 1.82) is 0 Å². The Morgan fingerprint density at radius 2 is 2.04 bits per heavy atom. The highest BCUT2D eigenvalue weighted by Crippen LogP contribution is 2.36. The molecule has 4 nitrogen and oxygen atoms in total. The van der Waals surface area contributed by atoms with E-state index in [1.54, 1.807) is 19.1 Å². The Bertz CT molecular complexity index is 671. The molecule has 1 aromatic rings. The molecule has 1 aliphatic carbocycles. The fourth-order valence-corrected chi connectivity index (χ4v) is 2.76. The smallest absolute Gasteiger partial charge is 0.355 e. The minimum Gasteiger partial charge on any atom is -0.355 e. The van der Waals surface area contributed by atoms with Gasteiger partial charge >= 0.3 is 6.36 Å². The van der Waals surface area contributed by atoms with E-state index in [-0.39, 0.29) is 25.3 Å². The van der Waals surface area contributed by atoms with Crippen molar-refractivity contribution in [2.24, 2.45) is 5.73 Å². The van der Waals surface area contributed by atoms with E-state index in [1.807, 2.05) is 30.3 Å². The summed E-state index contributed by atoms with van der Waals surface area (Å²) in [7, 11) is 0. The Hall–Kier alpha value is -2.12. The first-order valence-corrected chi connectivity index (χ1v) is 8.50. The van der Waals surface area contributed by atoms with Crippen LogP contribution in [-0.2, 0) is 9.53 Å². The van der Waals surface area contributed by atoms with Gasteiger partial charge in [-0.15, -0.1) is 13.2 Å². The van der Waals surface area contributed by atoms with E-state index in [2.05, 4.69) is 10.1 Å². The molecule has 0 aromatic heterocycles. The lowest BCUT2D eigenvalue weighted by atomic mass is 9.87. The number of benzene rings is 1. The van der Waals surface area contributed by atoms with Crippen LogP contribution in [0.3, 0.4) is 0 Å². The van der Waals surface area contributed by atoms with Crippen molar-refractivity contribution >= 4 is 11.5 Å². The number of halogens is 3. The number of hydrogen-bond acceptors (Lipinski definition) is 3. The van der Waals surface area contributed by atoms with Gasteiger partial charge in [0.1, 0.15) is 5.60 Å². The van der Waals surface area contributed by atoms with E-state index in [1.165, 1.54) is 6.08 Å². The van der Waals surface area contributed by atoms with Gasteiger partial charge in [-0.3, -0.25) is 9.53 Å². The molecule has 0 radical (unpaired) electrons. The van der Waals surface area contributed by atoms with E-state index >= 15 is 0 Å². The van der Waals surface area contributed by atoms with Crippen LogP contribution in [0.25, 0.3) is 5.57 Å². The van der Waals surface area contributed by atoms with E-state index in [0.717, 1.165) is 11.1 Å². The number of ether oxygens (including phenoxy) is 1. The van der Waals surface area contributed by atoms with Gasteiger partial charge in [0.05, 0.1) is 6.04 Å². The van der Waals surface area contributed by atoms with Crippen LogP contribution >= 0.6 is 0 Å². The van der Waals surface area contributed by atoms with Gasteiger partial charge < -0.3 is 11.1 Å². The van der Waals surface area contributed by atoms with Gasteiger partial charge in [0.25, 0.3) is 0 Å². The minimum absolute atomic E-state index is 0.0102. The Morgan fingerprint density at radius 3 is 2.58 bits per heavy atom. The molecule has 0 heterocycles. The quantitative estimate of drug-likeness (QED) is 0.774. The van der Waals surface area contributed by atoms with E-state index in [0.29, 0.717) is 6.42 Å². The van der Waals surface area contributed by atoms with Crippen molar-refractivity contribution in [1.82, 2.24) is 5.32 Å². The van der Waals surface area contributed by atoms with Crippen molar-refractivity contribution in [3.05, 3.63) is 54.1 Å². The molecule has 0 saturated heterocycles. The molecular formula is C19H23F3N2O2. The summed E-state index contributed by atoms with van der Waals surface area (Å²) >= 11 is 0. The average Bonchev–Trinajstić information content (AvgIpc) is 2.61. The van der Waals surface area contributed by atoms with Gasteiger partial charge in [0.2, 0.25) is 5.91 Å². The highest BCUT2D eigenvalue weighted by molar-refractivity contribution is 5.81. The fraction of sp³-hybridized carbons (Fsp3) is 0.421. The summed E-state index contributed by atoms with van der Waals surface area (Å²) in [5.41, 5.74) is 5.82. The second-order valence-electron chi connectivity index (χ2n) is 6.23. The lowest BCUT2D eigenvalue weighted by Gasteiger charge is -2.33. The molecule has 26 heavy (non-hydrogen) atoms. The van der Waals surface area contributed by atoms with Gasteiger partial charge in [-0.05, 0) is 30.4 Å². The van der Waals surface area contributed by atoms with Crippen molar-refractivity contribution in [2.75, 3.05) is 6.54 Å². The zero-order valence-corrected chi connectivity index (χ0v) is 14.6. The molecule has 1 aromatic carbocycles. The molecule has 3 N–H and O–H groups in total. The molecule has 0 saturated carbocycles. The van der Waals surface area contributed by atoms with Crippen LogP contribution in [0, 0.1) is 0 Å². The fourth-order valence-electron chi connectivity index (χ4n) is 2.76. The second kappa shape index (κ2) is 8.51. The Labute approximate surface area is 150 Å². The SMILES string of the molecule is CCC(N)C(=O)NCCC1(OC(F)(F)F)C=CC(c2ccccc2)=CC1. The Balaban J connectivity index is 2.07. The van der Waals surface area contributed by atoms with Crippen LogP contribution in [0.1, 0.15) is 31.7 Å². The first-order chi connectivity index (χ1) is 12.2. The molecule has 1 aliphatic rings. The Kier molecular flexibility index (Phi) is 6.61. The third-order valence-electron chi connectivity index (χ3n) is 4.28. The maximum Gasteiger partial charge on any atom is 0.523 e. The first kappa shape index (κ1) is 20.2. The van der Waals surface area contributed by atoms with Gasteiger partial charge in [0.15, 0.2) is 0 Å². The summed E-state index contributed by atoms with van der Waals surface area (Å²) in [4.78, 5) is 11.7. The number of carbonyl (C=O) groups excluding carboxylic acids is 1. The summed E-state index contributed by atoms with van der Waals surface area (Å²) in [6.07, 6.45) is 0.512. The summed E-state index contributed by atoms with van der Waals surface area (Å²) in [6, 6.07) is 8.72. The predicted octanol–water partition coefficient (Wildman–Crippen LogP) is 3.55. The average molecular weight is 368 g/mol. The van der Waals surface area contributed by atoms with Crippen molar-refractivity contribution in [2.45, 2.75) is 44.2 Å². The van der Waals surface area contributed by atoms with E-state index < -0.39 is 18.0 Å². The standard InChI is InChI=1S/C19H23F3N2O2/c1-2-16(23)17(25)24-13-12-18(26-19(20,21)22)10-8-15(9-11-18)14-6-4-3-5-7-14/h3-10,16H,2,11-13,23H2,1H3,(H,24,25). The normalized spacial score (nSPS) is 21.2. The minimum atomic E-state index is -4.77. The number of allylic oxidation sites excluding steroid dienone is 2. The molecule has 0 bridgehead atoms. The molecule has 2 unspecified atom stereocenters. The number of rotatable bonds is 7. The third kappa shape index (κ3) is 5.71. The van der Waals surface area contributed by atoms with Crippen LogP contribution in [0.15, 0.2) is 48.6 Å². The molecule has 0 fully saturated rings. The molecule has 142 valence electrons. The van der Waals surface area contributed by atoms with Crippen LogP contribution in [0.2, 0.25) is 0 Å². The van der Waals surface area contributed by atoms with Crippen LogP contribution in [-0.4, -0.2) is 30.5 Å². The lowest BCUT2D eigenvalue weighted by molar-refractivity contribution is -0.358. The number of alkyl halides is 3. The zero-order chi connectivity index (χ0) is 19.2. The van der Waals surface area contributed by atoms with Crippen LogP contribution in [0.5, 0.6) is 0 Å². The van der Waals surface area contributed by atoms with Gasteiger partial charge in [-0.2, -0.15) is 0 Å². The third-order valence-corrected chi connectivity index (χ3v) is 4.28. The van der Waals surface area contributed by atoms with E-state index in [9.17, 15) is 18.0 Å². The van der Waals surface area contributed by atoms with Gasteiger partial charge in [-0.1, -0.05) is 55.5 Å². The molecule has 0 spiro atoms. The van der Waals surface area contributed by atoms with Crippen LogP contribution in [0.4, 0.5) is 13.2 Å².